The minimum absolute atomic E-state index is 0.0869. The summed E-state index contributed by atoms with van der Waals surface area (Å²) in [4.78, 5) is 41.1. The van der Waals surface area contributed by atoms with E-state index in [-0.39, 0.29) is 29.8 Å². The van der Waals surface area contributed by atoms with Crippen molar-refractivity contribution in [2.24, 2.45) is 0 Å². The second kappa shape index (κ2) is 10.0. The van der Waals surface area contributed by atoms with Crippen molar-refractivity contribution in [1.82, 2.24) is 24.9 Å². The predicted octanol–water partition coefficient (Wildman–Crippen LogP) is 1.92. The Morgan fingerprint density at radius 1 is 1.17 bits per heavy atom. The van der Waals surface area contributed by atoms with Crippen LogP contribution in [0.4, 0.5) is 0 Å². The molecule has 0 radical (unpaired) electrons. The highest BCUT2D eigenvalue weighted by molar-refractivity contribution is 5.98. The van der Waals surface area contributed by atoms with E-state index in [1.807, 2.05) is 44.2 Å². The van der Waals surface area contributed by atoms with Gasteiger partial charge in [-0.3, -0.25) is 19.1 Å². The molecular formula is C22H29N5O3. The van der Waals surface area contributed by atoms with Gasteiger partial charge in [0, 0.05) is 51.8 Å². The topological polar surface area (TPSA) is 87.5 Å². The molecule has 0 fully saturated rings. The number of nitrogens with zero attached hydrogens (tertiary/aromatic N) is 4. The molecule has 1 N–H and O–H groups in total. The van der Waals surface area contributed by atoms with Gasteiger partial charge < -0.3 is 15.1 Å². The SMILES string of the molecule is CCNC(=O)CCN(CC)C(=O)c1cc2n(n1)CCCN(Cc1ccccc1)C2=O. The molecule has 1 aromatic carbocycles. The minimum Gasteiger partial charge on any atom is -0.356 e. The molecule has 8 nitrogen and oxygen atoms in total. The number of nitrogens with one attached hydrogen (secondary N) is 1. The third-order valence-electron chi connectivity index (χ3n) is 5.17. The Morgan fingerprint density at radius 2 is 1.93 bits per heavy atom. The van der Waals surface area contributed by atoms with Crippen molar-refractivity contribution in [2.45, 2.75) is 39.8 Å². The standard InChI is InChI=1S/C22H29N5O3/c1-3-23-20(28)11-14-25(4-2)21(29)18-15-19-22(30)26(12-8-13-27(19)24-18)16-17-9-6-5-7-10-17/h5-7,9-10,15H,3-4,8,11-14,16H2,1-2H3,(H,23,28). The normalized spacial score (nSPS) is 13.5. The number of aromatic nitrogens is 2. The van der Waals surface area contributed by atoms with Crippen molar-refractivity contribution in [2.75, 3.05) is 26.2 Å². The van der Waals surface area contributed by atoms with Gasteiger partial charge in [-0.2, -0.15) is 5.10 Å². The summed E-state index contributed by atoms with van der Waals surface area (Å²) in [5.41, 5.74) is 1.75. The number of carbonyl (C=O) groups is 3. The van der Waals surface area contributed by atoms with Crippen LogP contribution in [0.3, 0.4) is 0 Å². The summed E-state index contributed by atoms with van der Waals surface area (Å²) < 4.78 is 1.64. The zero-order valence-electron chi connectivity index (χ0n) is 17.6. The number of amides is 3. The molecule has 0 aliphatic carbocycles. The summed E-state index contributed by atoms with van der Waals surface area (Å²) in [6.07, 6.45) is 1.01. The molecule has 0 saturated heterocycles. The van der Waals surface area contributed by atoms with Crippen molar-refractivity contribution in [3.8, 4) is 0 Å². The molecule has 1 aliphatic heterocycles. The van der Waals surface area contributed by atoms with Crippen LogP contribution in [-0.4, -0.2) is 63.5 Å². The van der Waals surface area contributed by atoms with Gasteiger partial charge in [-0.05, 0) is 25.8 Å². The summed E-state index contributed by atoms with van der Waals surface area (Å²) in [6, 6.07) is 11.4. The van der Waals surface area contributed by atoms with Crippen LogP contribution in [0.2, 0.25) is 0 Å². The van der Waals surface area contributed by atoms with Gasteiger partial charge in [0.05, 0.1) is 0 Å². The van der Waals surface area contributed by atoms with Gasteiger partial charge >= 0.3 is 0 Å². The largest absolute Gasteiger partial charge is 0.356 e. The Hall–Kier alpha value is -3.16. The molecule has 2 heterocycles. The van der Waals surface area contributed by atoms with Crippen molar-refractivity contribution in [3.05, 3.63) is 53.3 Å². The van der Waals surface area contributed by atoms with Crippen LogP contribution in [0, 0.1) is 0 Å². The third kappa shape index (κ3) is 5.06. The Balaban J connectivity index is 1.73. The zero-order valence-corrected chi connectivity index (χ0v) is 17.6. The van der Waals surface area contributed by atoms with Crippen LogP contribution < -0.4 is 5.32 Å². The zero-order chi connectivity index (χ0) is 21.5. The Morgan fingerprint density at radius 3 is 2.63 bits per heavy atom. The highest BCUT2D eigenvalue weighted by atomic mass is 16.2. The Bertz CT molecular complexity index is 893. The van der Waals surface area contributed by atoms with E-state index in [0.29, 0.717) is 45.0 Å². The second-order valence-corrected chi connectivity index (χ2v) is 7.29. The van der Waals surface area contributed by atoms with Crippen molar-refractivity contribution < 1.29 is 14.4 Å². The van der Waals surface area contributed by atoms with Gasteiger partial charge in [0.15, 0.2) is 5.69 Å². The van der Waals surface area contributed by atoms with Crippen molar-refractivity contribution in [1.29, 1.82) is 0 Å². The third-order valence-corrected chi connectivity index (χ3v) is 5.17. The van der Waals surface area contributed by atoms with Gasteiger partial charge in [0.2, 0.25) is 5.91 Å². The summed E-state index contributed by atoms with van der Waals surface area (Å²) in [6.45, 7) is 6.83. The molecule has 8 heteroatoms. The number of aryl methyl sites for hydroxylation is 1. The lowest BCUT2D eigenvalue weighted by Gasteiger charge is -2.20. The monoisotopic (exact) mass is 411 g/mol. The lowest BCUT2D eigenvalue weighted by Crippen LogP contribution is -2.35. The number of benzene rings is 1. The fourth-order valence-corrected chi connectivity index (χ4v) is 3.58. The summed E-state index contributed by atoms with van der Waals surface area (Å²) in [5.74, 6) is -0.464. The van der Waals surface area contributed by atoms with E-state index in [1.165, 1.54) is 0 Å². The van der Waals surface area contributed by atoms with Crippen LogP contribution in [0.25, 0.3) is 0 Å². The molecule has 3 rings (SSSR count). The summed E-state index contributed by atoms with van der Waals surface area (Å²) in [5, 5.41) is 7.15. The first kappa shape index (κ1) is 21.5. The fourth-order valence-electron chi connectivity index (χ4n) is 3.58. The number of carbonyl (C=O) groups excluding carboxylic acids is 3. The minimum atomic E-state index is -0.259. The molecule has 0 saturated carbocycles. The molecule has 0 spiro atoms. The fraction of sp³-hybridized carbons (Fsp3) is 0.455. The van der Waals surface area contributed by atoms with Crippen LogP contribution >= 0.6 is 0 Å². The average Bonchev–Trinajstić information content (AvgIpc) is 3.12. The van der Waals surface area contributed by atoms with Crippen LogP contribution in [-0.2, 0) is 17.9 Å². The highest BCUT2D eigenvalue weighted by Gasteiger charge is 2.27. The van der Waals surface area contributed by atoms with Crippen LogP contribution in [0.5, 0.6) is 0 Å². The van der Waals surface area contributed by atoms with E-state index >= 15 is 0 Å². The predicted molar refractivity (Wildman–Crippen MR) is 113 cm³/mol. The summed E-state index contributed by atoms with van der Waals surface area (Å²) >= 11 is 0. The van der Waals surface area contributed by atoms with Gasteiger partial charge in [-0.15, -0.1) is 0 Å². The molecule has 160 valence electrons. The maximum atomic E-state index is 13.1. The van der Waals surface area contributed by atoms with Crippen LogP contribution in [0.1, 0.15) is 53.2 Å². The molecule has 0 atom stereocenters. The Kier molecular flexibility index (Phi) is 7.21. The second-order valence-electron chi connectivity index (χ2n) is 7.29. The van der Waals surface area contributed by atoms with E-state index in [1.54, 1.807) is 20.5 Å². The number of hydrogen-bond donors (Lipinski definition) is 1. The first-order valence-corrected chi connectivity index (χ1v) is 10.5. The smallest absolute Gasteiger partial charge is 0.274 e. The van der Waals surface area contributed by atoms with Crippen LogP contribution in [0.15, 0.2) is 36.4 Å². The molecule has 0 unspecified atom stereocenters. The number of hydrogen-bond acceptors (Lipinski definition) is 4. The van der Waals surface area contributed by atoms with Crippen molar-refractivity contribution in [3.63, 3.8) is 0 Å². The highest BCUT2D eigenvalue weighted by Crippen LogP contribution is 2.17. The van der Waals surface area contributed by atoms with E-state index in [4.69, 9.17) is 0 Å². The molecule has 0 bridgehead atoms. The first-order valence-electron chi connectivity index (χ1n) is 10.5. The van der Waals surface area contributed by atoms with E-state index < -0.39 is 0 Å². The van der Waals surface area contributed by atoms with Crippen molar-refractivity contribution >= 4 is 17.7 Å². The Labute approximate surface area is 176 Å². The quantitative estimate of drug-likeness (QED) is 0.719. The average molecular weight is 412 g/mol. The first-order chi connectivity index (χ1) is 14.5. The molecule has 3 amide bonds. The van der Waals surface area contributed by atoms with E-state index in [2.05, 4.69) is 10.4 Å². The van der Waals surface area contributed by atoms with Gasteiger partial charge in [0.1, 0.15) is 5.69 Å². The number of rotatable bonds is 8. The maximum absolute atomic E-state index is 13.1. The number of fused-ring (bicyclic) bond motifs is 1. The molecule has 2 aromatic rings. The van der Waals surface area contributed by atoms with E-state index in [9.17, 15) is 14.4 Å². The lowest BCUT2D eigenvalue weighted by molar-refractivity contribution is -0.121. The summed E-state index contributed by atoms with van der Waals surface area (Å²) in [7, 11) is 0. The van der Waals surface area contributed by atoms with E-state index in [0.717, 1.165) is 12.0 Å². The lowest BCUT2D eigenvalue weighted by atomic mass is 10.2. The van der Waals surface area contributed by atoms with Gasteiger partial charge in [-0.1, -0.05) is 30.3 Å². The maximum Gasteiger partial charge on any atom is 0.274 e. The van der Waals surface area contributed by atoms with Gasteiger partial charge in [-0.25, -0.2) is 0 Å². The molecular weight excluding hydrogens is 382 g/mol. The molecule has 1 aromatic heterocycles. The van der Waals surface area contributed by atoms with Gasteiger partial charge in [0.25, 0.3) is 11.8 Å². The molecule has 30 heavy (non-hydrogen) atoms. The molecule has 1 aliphatic rings.